The summed E-state index contributed by atoms with van der Waals surface area (Å²) in [6.45, 7) is 4.85. The van der Waals surface area contributed by atoms with Crippen molar-refractivity contribution < 1.29 is 19.4 Å². The van der Waals surface area contributed by atoms with Gasteiger partial charge in [-0.2, -0.15) is 0 Å². The molecule has 0 saturated heterocycles. The van der Waals surface area contributed by atoms with Crippen LogP contribution in [-0.4, -0.2) is 17.7 Å². The van der Waals surface area contributed by atoms with Crippen molar-refractivity contribution in [2.45, 2.75) is 39.0 Å². The van der Waals surface area contributed by atoms with E-state index in [2.05, 4.69) is 6.92 Å². The quantitative estimate of drug-likeness (QED) is 0.342. The van der Waals surface area contributed by atoms with Gasteiger partial charge in [0.15, 0.2) is 0 Å². The molecular formula is C28H29ClO4. The topological polar surface area (TPSA) is 55.8 Å². The number of ether oxygens (including phenoxy) is 2. The van der Waals surface area contributed by atoms with Gasteiger partial charge in [0.25, 0.3) is 0 Å². The molecule has 3 unspecified atom stereocenters. The highest BCUT2D eigenvalue weighted by atomic mass is 35.5. The van der Waals surface area contributed by atoms with E-state index in [1.807, 2.05) is 73.7 Å². The number of aryl methyl sites for hydroxylation is 1. The van der Waals surface area contributed by atoms with Gasteiger partial charge in [0.1, 0.15) is 17.2 Å². The minimum atomic E-state index is -0.702. The number of carboxylic acids is 1. The van der Waals surface area contributed by atoms with Crippen LogP contribution < -0.4 is 9.47 Å². The van der Waals surface area contributed by atoms with E-state index >= 15 is 0 Å². The van der Waals surface area contributed by atoms with Crippen LogP contribution in [0.2, 0.25) is 5.02 Å². The molecule has 3 aromatic rings. The summed E-state index contributed by atoms with van der Waals surface area (Å²) in [4.78, 5) is 11.1. The van der Waals surface area contributed by atoms with Crippen LogP contribution in [0.3, 0.4) is 0 Å². The van der Waals surface area contributed by atoms with Crippen molar-refractivity contribution in [2.75, 3.05) is 6.61 Å². The molecule has 0 radical (unpaired) electrons. The Hall–Kier alpha value is -2.98. The molecule has 1 aliphatic rings. The van der Waals surface area contributed by atoms with Crippen LogP contribution in [-0.2, 0) is 11.2 Å². The van der Waals surface area contributed by atoms with Crippen LogP contribution in [0.15, 0.2) is 66.7 Å². The third-order valence-corrected chi connectivity index (χ3v) is 6.43. The van der Waals surface area contributed by atoms with Crippen LogP contribution >= 0.6 is 11.6 Å². The number of halogens is 1. The summed E-state index contributed by atoms with van der Waals surface area (Å²) in [6, 6.07) is 21.5. The predicted octanol–water partition coefficient (Wildman–Crippen LogP) is 7.28. The Labute approximate surface area is 200 Å². The Bertz CT molecular complexity index is 1110. The number of carboxylic acid groups (broad SMARTS) is 1. The van der Waals surface area contributed by atoms with Gasteiger partial charge in [-0.25, -0.2) is 0 Å². The van der Waals surface area contributed by atoms with E-state index in [4.69, 9.17) is 26.2 Å². The van der Waals surface area contributed by atoms with Gasteiger partial charge in [0.05, 0.1) is 12.5 Å². The Morgan fingerprint density at radius 2 is 1.88 bits per heavy atom. The molecule has 0 amide bonds. The molecular weight excluding hydrogens is 436 g/mol. The molecule has 0 aliphatic heterocycles. The number of rotatable bonds is 10. The highest BCUT2D eigenvalue weighted by Gasteiger charge is 2.44. The lowest BCUT2D eigenvalue weighted by Gasteiger charge is -2.16. The minimum Gasteiger partial charge on any atom is -0.494 e. The smallest absolute Gasteiger partial charge is 0.307 e. The fourth-order valence-corrected chi connectivity index (χ4v) is 4.39. The number of benzene rings is 3. The molecule has 0 aromatic heterocycles. The summed E-state index contributed by atoms with van der Waals surface area (Å²) >= 11 is 6.21. The minimum absolute atomic E-state index is 0.142. The summed E-state index contributed by atoms with van der Waals surface area (Å²) in [6.07, 6.45) is 2.49. The van der Waals surface area contributed by atoms with E-state index < -0.39 is 5.97 Å². The van der Waals surface area contributed by atoms with Crippen molar-refractivity contribution in [1.82, 2.24) is 0 Å². The number of para-hydroxylation sites is 1. The van der Waals surface area contributed by atoms with Crippen LogP contribution in [0.5, 0.6) is 17.2 Å². The SMILES string of the molecule is Cc1cc(OCCC(C)Cc2ccc(Cl)cc2Oc2ccccc2)ccc1C1CC1C(=O)O. The molecule has 1 aliphatic carbocycles. The fourth-order valence-electron chi connectivity index (χ4n) is 4.23. The van der Waals surface area contributed by atoms with Crippen molar-refractivity contribution in [3.8, 4) is 17.2 Å². The zero-order valence-corrected chi connectivity index (χ0v) is 19.7. The molecule has 1 fully saturated rings. The average molecular weight is 465 g/mol. The lowest BCUT2D eigenvalue weighted by atomic mass is 9.97. The summed E-state index contributed by atoms with van der Waals surface area (Å²) in [7, 11) is 0. The molecule has 5 heteroatoms. The Morgan fingerprint density at radius 3 is 2.58 bits per heavy atom. The number of hydrogen-bond acceptors (Lipinski definition) is 3. The third kappa shape index (κ3) is 6.08. The van der Waals surface area contributed by atoms with Crippen molar-refractivity contribution in [3.05, 3.63) is 88.4 Å². The van der Waals surface area contributed by atoms with Crippen molar-refractivity contribution >= 4 is 17.6 Å². The summed E-state index contributed by atoms with van der Waals surface area (Å²) in [5.41, 5.74) is 3.34. The van der Waals surface area contributed by atoms with Gasteiger partial charge in [0.2, 0.25) is 0 Å². The summed E-state index contributed by atoms with van der Waals surface area (Å²) < 4.78 is 12.1. The summed E-state index contributed by atoms with van der Waals surface area (Å²) in [5.74, 6) is 2.00. The second kappa shape index (κ2) is 10.3. The highest BCUT2D eigenvalue weighted by Crippen LogP contribution is 2.49. The van der Waals surface area contributed by atoms with Crippen molar-refractivity contribution in [2.24, 2.45) is 11.8 Å². The molecule has 4 rings (SSSR count). The maximum atomic E-state index is 11.1. The predicted molar refractivity (Wildman–Crippen MR) is 131 cm³/mol. The van der Waals surface area contributed by atoms with E-state index in [1.54, 1.807) is 0 Å². The number of aliphatic carboxylic acids is 1. The van der Waals surface area contributed by atoms with Crippen LogP contribution in [0.4, 0.5) is 0 Å². The molecule has 3 atom stereocenters. The fraction of sp³-hybridized carbons (Fsp3) is 0.321. The van der Waals surface area contributed by atoms with Gasteiger partial charge in [-0.05, 0) is 91.1 Å². The zero-order valence-electron chi connectivity index (χ0n) is 19.0. The van der Waals surface area contributed by atoms with Gasteiger partial charge in [-0.3, -0.25) is 4.79 Å². The molecule has 0 spiro atoms. The molecule has 1 N–H and O–H groups in total. The largest absolute Gasteiger partial charge is 0.494 e. The van der Waals surface area contributed by atoms with E-state index in [9.17, 15) is 4.79 Å². The normalized spacial score (nSPS) is 17.9. The van der Waals surface area contributed by atoms with Gasteiger partial charge in [-0.15, -0.1) is 0 Å². The third-order valence-electron chi connectivity index (χ3n) is 6.20. The number of carbonyl (C=O) groups is 1. The lowest BCUT2D eigenvalue weighted by Crippen LogP contribution is -2.08. The Morgan fingerprint density at radius 1 is 1.09 bits per heavy atom. The second-order valence-corrected chi connectivity index (χ2v) is 9.36. The Balaban J connectivity index is 1.31. The van der Waals surface area contributed by atoms with E-state index in [0.29, 0.717) is 17.5 Å². The van der Waals surface area contributed by atoms with Gasteiger partial charge in [0, 0.05) is 5.02 Å². The zero-order chi connectivity index (χ0) is 23.4. The first-order chi connectivity index (χ1) is 15.9. The van der Waals surface area contributed by atoms with Crippen LogP contribution in [0.1, 0.15) is 42.4 Å². The monoisotopic (exact) mass is 464 g/mol. The standard InChI is InChI=1S/C28H29ClO4/c1-18(14-20-8-9-21(29)16-27(20)33-22-6-4-3-5-7-22)12-13-32-23-10-11-24(19(2)15-23)25-17-26(25)28(30)31/h3-11,15-16,18,25-26H,12-14,17H2,1-2H3,(H,30,31). The molecule has 0 bridgehead atoms. The van der Waals surface area contributed by atoms with Crippen molar-refractivity contribution in [1.29, 1.82) is 0 Å². The first-order valence-corrected chi connectivity index (χ1v) is 11.8. The second-order valence-electron chi connectivity index (χ2n) is 8.92. The van der Waals surface area contributed by atoms with Gasteiger partial charge < -0.3 is 14.6 Å². The van der Waals surface area contributed by atoms with Gasteiger partial charge in [-0.1, -0.05) is 48.9 Å². The van der Waals surface area contributed by atoms with E-state index in [-0.39, 0.29) is 11.8 Å². The average Bonchev–Trinajstić information content (AvgIpc) is 3.57. The number of hydrogen-bond donors (Lipinski definition) is 1. The van der Waals surface area contributed by atoms with E-state index in [0.717, 1.165) is 53.2 Å². The maximum absolute atomic E-state index is 11.1. The van der Waals surface area contributed by atoms with Crippen molar-refractivity contribution in [3.63, 3.8) is 0 Å². The van der Waals surface area contributed by atoms with E-state index in [1.165, 1.54) is 0 Å². The van der Waals surface area contributed by atoms with Crippen LogP contribution in [0, 0.1) is 18.8 Å². The molecule has 3 aromatic carbocycles. The first kappa shape index (κ1) is 23.2. The molecule has 33 heavy (non-hydrogen) atoms. The Kier molecular flexibility index (Phi) is 7.24. The molecule has 4 nitrogen and oxygen atoms in total. The summed E-state index contributed by atoms with van der Waals surface area (Å²) in [5, 5.41) is 9.82. The molecule has 172 valence electrons. The maximum Gasteiger partial charge on any atom is 0.307 e. The van der Waals surface area contributed by atoms with Gasteiger partial charge >= 0.3 is 5.97 Å². The van der Waals surface area contributed by atoms with Crippen LogP contribution in [0.25, 0.3) is 0 Å². The molecule has 0 heterocycles. The first-order valence-electron chi connectivity index (χ1n) is 11.4. The molecule has 1 saturated carbocycles. The lowest BCUT2D eigenvalue weighted by molar-refractivity contribution is -0.138. The highest BCUT2D eigenvalue weighted by molar-refractivity contribution is 6.30.